The minimum absolute atomic E-state index is 0.147. The zero-order valence-corrected chi connectivity index (χ0v) is 10.5. The molecule has 0 bridgehead atoms. The predicted molar refractivity (Wildman–Crippen MR) is 65.9 cm³/mol. The first-order valence-corrected chi connectivity index (χ1v) is 5.69. The van der Waals surface area contributed by atoms with E-state index < -0.39 is 11.8 Å². The van der Waals surface area contributed by atoms with Crippen LogP contribution in [0.4, 0.5) is 4.79 Å². The van der Waals surface area contributed by atoms with Crippen LogP contribution in [0.5, 0.6) is 0 Å². The Balaban J connectivity index is 2.44. The fraction of sp³-hybridized carbons (Fsp3) is 0.385. The van der Waals surface area contributed by atoms with E-state index in [4.69, 9.17) is 9.47 Å². The van der Waals surface area contributed by atoms with Crippen molar-refractivity contribution < 1.29 is 19.1 Å². The molecule has 5 heteroatoms. The highest BCUT2D eigenvalue weighted by Gasteiger charge is 2.26. The Hall–Kier alpha value is -1.88. The molecule has 0 saturated carbocycles. The quantitative estimate of drug-likeness (QED) is 0.619. The molecule has 1 N–H and O–H groups in total. The molecule has 0 saturated heterocycles. The molecule has 1 amide bonds. The summed E-state index contributed by atoms with van der Waals surface area (Å²) < 4.78 is 10.1. The lowest BCUT2D eigenvalue weighted by atomic mass is 10.2. The van der Waals surface area contributed by atoms with Gasteiger partial charge in [-0.1, -0.05) is 30.3 Å². The zero-order valence-electron chi connectivity index (χ0n) is 10.5. The molecule has 0 aliphatic carbocycles. The molecule has 5 nitrogen and oxygen atoms in total. The number of benzene rings is 1. The number of amides is 1. The second-order valence-electron chi connectivity index (χ2n) is 3.84. The molecule has 98 valence electrons. The highest BCUT2D eigenvalue weighted by Crippen LogP contribution is 2.04. The third-order valence-electron chi connectivity index (χ3n) is 2.23. The van der Waals surface area contributed by atoms with Gasteiger partial charge in [-0.3, -0.25) is 10.1 Å². The normalized spacial score (nSPS) is 13.4. The van der Waals surface area contributed by atoms with Gasteiger partial charge in [-0.15, -0.1) is 0 Å². The number of alkyl carbamates (subject to hydrolysis) is 1. The molecule has 0 aromatic heterocycles. The lowest BCUT2D eigenvalue weighted by Gasteiger charge is -2.23. The minimum atomic E-state index is -1.34. The van der Waals surface area contributed by atoms with E-state index >= 15 is 0 Å². The number of aldehydes is 1. The Labute approximate surface area is 106 Å². The van der Waals surface area contributed by atoms with E-state index in [-0.39, 0.29) is 6.61 Å². The van der Waals surface area contributed by atoms with E-state index in [1.807, 2.05) is 30.3 Å². The SMILES string of the molecule is CCO[C@](C)(C=O)NC(=O)OCc1ccccc1. The first-order chi connectivity index (χ1) is 8.59. The van der Waals surface area contributed by atoms with Crippen LogP contribution in [-0.4, -0.2) is 24.7 Å². The molecule has 1 atom stereocenters. The predicted octanol–water partition coefficient (Wildman–Crippen LogP) is 1.86. The maximum atomic E-state index is 11.5. The topological polar surface area (TPSA) is 64.6 Å². The van der Waals surface area contributed by atoms with Gasteiger partial charge in [-0.05, 0) is 19.4 Å². The molecule has 0 spiro atoms. The first-order valence-electron chi connectivity index (χ1n) is 5.69. The van der Waals surface area contributed by atoms with Crippen molar-refractivity contribution in [2.75, 3.05) is 6.61 Å². The highest BCUT2D eigenvalue weighted by atomic mass is 16.6. The smallest absolute Gasteiger partial charge is 0.410 e. The number of carbonyl (C=O) groups is 2. The average molecular weight is 251 g/mol. The summed E-state index contributed by atoms with van der Waals surface area (Å²) in [5.41, 5.74) is -0.473. The molecule has 1 aromatic carbocycles. The van der Waals surface area contributed by atoms with Crippen molar-refractivity contribution in [3.05, 3.63) is 35.9 Å². The third-order valence-corrected chi connectivity index (χ3v) is 2.23. The van der Waals surface area contributed by atoms with Gasteiger partial charge in [0.1, 0.15) is 6.61 Å². The van der Waals surface area contributed by atoms with Crippen LogP contribution in [0.2, 0.25) is 0 Å². The van der Waals surface area contributed by atoms with Crippen molar-refractivity contribution in [3.63, 3.8) is 0 Å². The zero-order chi connectivity index (χ0) is 13.4. The molecule has 0 heterocycles. The van der Waals surface area contributed by atoms with Gasteiger partial charge in [0.05, 0.1) is 0 Å². The lowest BCUT2D eigenvalue weighted by Crippen LogP contribution is -2.49. The number of rotatable bonds is 6. The first kappa shape index (κ1) is 14.2. The second-order valence-corrected chi connectivity index (χ2v) is 3.84. The standard InChI is InChI=1S/C13H17NO4/c1-3-18-13(2,10-15)14-12(16)17-9-11-7-5-4-6-8-11/h4-8,10H,3,9H2,1-2H3,(H,14,16)/t13-/m1/s1. The molecule has 0 aliphatic heterocycles. The number of nitrogens with one attached hydrogen (secondary N) is 1. The van der Waals surface area contributed by atoms with Gasteiger partial charge in [-0.25, -0.2) is 4.79 Å². The summed E-state index contributed by atoms with van der Waals surface area (Å²) in [6.45, 7) is 3.66. The van der Waals surface area contributed by atoms with Gasteiger partial charge in [0.15, 0.2) is 12.0 Å². The maximum Gasteiger partial charge on any atom is 0.410 e. The van der Waals surface area contributed by atoms with E-state index in [9.17, 15) is 9.59 Å². The van der Waals surface area contributed by atoms with Gasteiger partial charge in [0.25, 0.3) is 0 Å². The molecule has 1 rings (SSSR count). The molecular formula is C13H17NO4. The summed E-state index contributed by atoms with van der Waals surface area (Å²) in [4.78, 5) is 22.3. The molecule has 0 fully saturated rings. The van der Waals surface area contributed by atoms with Crippen LogP contribution in [0.15, 0.2) is 30.3 Å². The van der Waals surface area contributed by atoms with Gasteiger partial charge < -0.3 is 9.47 Å². The number of hydrogen-bond acceptors (Lipinski definition) is 4. The van der Waals surface area contributed by atoms with E-state index in [1.165, 1.54) is 6.92 Å². The van der Waals surface area contributed by atoms with E-state index in [0.717, 1.165) is 5.56 Å². The largest absolute Gasteiger partial charge is 0.445 e. The van der Waals surface area contributed by atoms with Crippen LogP contribution in [0, 0.1) is 0 Å². The summed E-state index contributed by atoms with van der Waals surface area (Å²) in [6.07, 6.45) is -0.165. The van der Waals surface area contributed by atoms with Gasteiger partial charge in [-0.2, -0.15) is 0 Å². The second kappa shape index (κ2) is 6.76. The number of ether oxygens (including phenoxy) is 2. The summed E-state index contributed by atoms with van der Waals surface area (Å²) in [6, 6.07) is 9.27. The van der Waals surface area contributed by atoms with E-state index in [2.05, 4.69) is 5.32 Å². The minimum Gasteiger partial charge on any atom is -0.445 e. The third kappa shape index (κ3) is 4.55. The molecule has 1 aromatic rings. The van der Waals surface area contributed by atoms with Crippen molar-refractivity contribution in [1.29, 1.82) is 0 Å². The molecular weight excluding hydrogens is 234 g/mol. The molecule has 0 radical (unpaired) electrons. The van der Waals surface area contributed by atoms with Gasteiger partial charge in [0, 0.05) is 6.61 Å². The van der Waals surface area contributed by atoms with Crippen molar-refractivity contribution in [2.24, 2.45) is 0 Å². The molecule has 0 unspecified atom stereocenters. The Bertz CT molecular complexity index is 393. The van der Waals surface area contributed by atoms with Crippen LogP contribution in [0.25, 0.3) is 0 Å². The summed E-state index contributed by atoms with van der Waals surface area (Å²) >= 11 is 0. The van der Waals surface area contributed by atoms with Gasteiger partial charge >= 0.3 is 6.09 Å². The van der Waals surface area contributed by atoms with Crippen molar-refractivity contribution in [1.82, 2.24) is 5.32 Å². The number of hydrogen-bond donors (Lipinski definition) is 1. The molecule has 0 aliphatic rings. The lowest BCUT2D eigenvalue weighted by molar-refractivity contribution is -0.132. The summed E-state index contributed by atoms with van der Waals surface area (Å²) in [5, 5.41) is 2.36. The highest BCUT2D eigenvalue weighted by molar-refractivity contribution is 5.74. The summed E-state index contributed by atoms with van der Waals surface area (Å²) in [5.74, 6) is 0. The van der Waals surface area contributed by atoms with Crippen LogP contribution >= 0.6 is 0 Å². The van der Waals surface area contributed by atoms with Crippen LogP contribution in [0.1, 0.15) is 19.4 Å². The Morgan fingerprint density at radius 3 is 2.61 bits per heavy atom. The van der Waals surface area contributed by atoms with Crippen molar-refractivity contribution >= 4 is 12.4 Å². The van der Waals surface area contributed by atoms with Crippen LogP contribution in [0.3, 0.4) is 0 Å². The van der Waals surface area contributed by atoms with E-state index in [0.29, 0.717) is 12.9 Å². The number of carbonyl (C=O) groups excluding carboxylic acids is 2. The average Bonchev–Trinajstić information content (AvgIpc) is 2.38. The van der Waals surface area contributed by atoms with Crippen molar-refractivity contribution in [3.8, 4) is 0 Å². The monoisotopic (exact) mass is 251 g/mol. The summed E-state index contributed by atoms with van der Waals surface area (Å²) in [7, 11) is 0. The van der Waals surface area contributed by atoms with Crippen molar-refractivity contribution in [2.45, 2.75) is 26.2 Å². The van der Waals surface area contributed by atoms with Gasteiger partial charge in [0.2, 0.25) is 0 Å². The molecule has 18 heavy (non-hydrogen) atoms. The Kier molecular flexibility index (Phi) is 5.32. The maximum absolute atomic E-state index is 11.5. The fourth-order valence-corrected chi connectivity index (χ4v) is 1.36. The fourth-order valence-electron chi connectivity index (χ4n) is 1.36. The van der Waals surface area contributed by atoms with Crippen LogP contribution in [-0.2, 0) is 20.9 Å². The van der Waals surface area contributed by atoms with E-state index in [1.54, 1.807) is 6.92 Å². The van der Waals surface area contributed by atoms with Crippen LogP contribution < -0.4 is 5.32 Å². The Morgan fingerprint density at radius 2 is 2.06 bits per heavy atom. The Morgan fingerprint density at radius 1 is 1.39 bits per heavy atom.